The molecule has 4 rings (SSSR count). The number of amides is 2. The van der Waals surface area contributed by atoms with E-state index in [1.807, 2.05) is 12.1 Å². The zero-order valence-electron chi connectivity index (χ0n) is 17.4. The van der Waals surface area contributed by atoms with Crippen molar-refractivity contribution in [1.29, 1.82) is 0 Å². The molecule has 2 amide bonds. The summed E-state index contributed by atoms with van der Waals surface area (Å²) in [7, 11) is 0. The number of ether oxygens (including phenoxy) is 3. The molecule has 2 aromatic rings. The number of fused-ring (bicyclic) bond motifs is 1. The van der Waals surface area contributed by atoms with E-state index in [0.29, 0.717) is 41.5 Å². The van der Waals surface area contributed by atoms with Crippen LogP contribution in [-0.2, 0) is 16.1 Å². The highest BCUT2D eigenvalue weighted by Crippen LogP contribution is 2.32. The number of rotatable bonds is 7. The molecule has 0 saturated carbocycles. The summed E-state index contributed by atoms with van der Waals surface area (Å²) in [6.45, 7) is 0.285. The maximum atomic E-state index is 12.7. The van der Waals surface area contributed by atoms with Gasteiger partial charge in [0.05, 0.1) is 25.2 Å². The Hall–Kier alpha value is -2.81. The van der Waals surface area contributed by atoms with Crippen molar-refractivity contribution in [2.45, 2.75) is 44.1 Å². The van der Waals surface area contributed by atoms with Gasteiger partial charge in [0, 0.05) is 17.1 Å². The van der Waals surface area contributed by atoms with Crippen LogP contribution in [0.1, 0.15) is 35.2 Å². The molecule has 2 aliphatic rings. The summed E-state index contributed by atoms with van der Waals surface area (Å²) in [4.78, 5) is 25.0. The maximum absolute atomic E-state index is 12.7. The Bertz CT molecular complexity index is 967. The molecule has 3 atom stereocenters. The summed E-state index contributed by atoms with van der Waals surface area (Å²) in [5.74, 6) is 0.716. The normalized spacial score (nSPS) is 21.8. The fourth-order valence-electron chi connectivity index (χ4n) is 3.82. The molecule has 1 saturated heterocycles. The monoisotopic (exact) mass is 460 g/mol. The fourth-order valence-corrected chi connectivity index (χ4v) is 3.94. The van der Waals surface area contributed by atoms with E-state index in [2.05, 4.69) is 10.6 Å². The quantitative estimate of drug-likeness (QED) is 0.586. The Morgan fingerprint density at radius 1 is 1.06 bits per heavy atom. The number of hydrogen-bond acceptors (Lipinski definition) is 6. The molecule has 0 unspecified atom stereocenters. The van der Waals surface area contributed by atoms with Crippen LogP contribution in [0.5, 0.6) is 11.5 Å². The smallest absolute Gasteiger partial charge is 0.251 e. The Morgan fingerprint density at radius 2 is 1.84 bits per heavy atom. The summed E-state index contributed by atoms with van der Waals surface area (Å²) in [6.07, 6.45) is 0.465. The van der Waals surface area contributed by atoms with Crippen molar-refractivity contribution in [3.63, 3.8) is 0 Å². The second-order valence-corrected chi connectivity index (χ2v) is 8.25. The molecular formula is C23H25ClN2O6. The number of aliphatic hydroxyl groups excluding tert-OH is 1. The summed E-state index contributed by atoms with van der Waals surface area (Å²) >= 11 is 5.87. The number of halogens is 1. The number of hydrogen-bond donors (Lipinski definition) is 3. The Kier molecular flexibility index (Phi) is 7.14. The molecule has 8 nitrogen and oxygen atoms in total. The first kappa shape index (κ1) is 22.4. The lowest BCUT2D eigenvalue weighted by Gasteiger charge is -2.36. The number of aliphatic hydroxyl groups is 1. The van der Waals surface area contributed by atoms with Crippen molar-refractivity contribution >= 4 is 23.4 Å². The fraction of sp³-hybridized carbons (Fsp3) is 0.391. The van der Waals surface area contributed by atoms with E-state index in [1.165, 1.54) is 0 Å². The van der Waals surface area contributed by atoms with E-state index in [4.69, 9.17) is 25.8 Å². The first-order valence-corrected chi connectivity index (χ1v) is 10.9. The van der Waals surface area contributed by atoms with Crippen LogP contribution in [0.2, 0.25) is 5.02 Å². The van der Waals surface area contributed by atoms with Crippen LogP contribution in [0, 0.1) is 0 Å². The van der Waals surface area contributed by atoms with Crippen LogP contribution in [0.4, 0.5) is 0 Å². The van der Waals surface area contributed by atoms with Gasteiger partial charge in [-0.25, -0.2) is 0 Å². The van der Waals surface area contributed by atoms with Crippen molar-refractivity contribution in [3.05, 3.63) is 58.6 Å². The van der Waals surface area contributed by atoms with Gasteiger partial charge in [0.1, 0.15) is 6.10 Å². The Morgan fingerprint density at radius 3 is 2.62 bits per heavy atom. The van der Waals surface area contributed by atoms with Crippen LogP contribution in [0.3, 0.4) is 0 Å². The van der Waals surface area contributed by atoms with E-state index in [0.717, 1.165) is 5.56 Å². The van der Waals surface area contributed by atoms with E-state index in [1.54, 1.807) is 30.3 Å². The van der Waals surface area contributed by atoms with Gasteiger partial charge < -0.3 is 30.0 Å². The molecule has 1 fully saturated rings. The standard InChI is InChI=1S/C23H25ClN2O6/c24-16-4-1-14(2-5-16)11-25-22(28)10-17-6-7-18(21(12-27)32-17)26-23(29)15-3-8-19-20(9-15)31-13-30-19/h1-5,8-9,17-18,21,27H,6-7,10-13H2,(H,25,28)(H,26,29)/t17-,18+,21+/m0/s1. The van der Waals surface area contributed by atoms with Crippen molar-refractivity contribution in [1.82, 2.24) is 10.6 Å². The molecule has 3 N–H and O–H groups in total. The third-order valence-corrected chi connectivity index (χ3v) is 5.81. The van der Waals surface area contributed by atoms with Gasteiger partial charge in [-0.2, -0.15) is 0 Å². The molecule has 0 aromatic heterocycles. The van der Waals surface area contributed by atoms with Crippen molar-refractivity contribution in [3.8, 4) is 11.5 Å². The van der Waals surface area contributed by atoms with E-state index in [9.17, 15) is 14.7 Å². The molecule has 2 heterocycles. The highest BCUT2D eigenvalue weighted by atomic mass is 35.5. The highest BCUT2D eigenvalue weighted by Gasteiger charge is 2.33. The third-order valence-electron chi connectivity index (χ3n) is 5.56. The molecule has 32 heavy (non-hydrogen) atoms. The lowest BCUT2D eigenvalue weighted by molar-refractivity contribution is -0.131. The van der Waals surface area contributed by atoms with Gasteiger partial charge in [0.15, 0.2) is 11.5 Å². The average Bonchev–Trinajstić information content (AvgIpc) is 3.27. The molecule has 170 valence electrons. The van der Waals surface area contributed by atoms with Crippen LogP contribution in [0.25, 0.3) is 0 Å². The second-order valence-electron chi connectivity index (χ2n) is 7.81. The lowest BCUT2D eigenvalue weighted by atomic mass is 9.96. The number of carbonyl (C=O) groups excluding carboxylic acids is 2. The number of nitrogens with one attached hydrogen (secondary N) is 2. The van der Waals surface area contributed by atoms with Crippen LogP contribution >= 0.6 is 11.6 Å². The zero-order valence-corrected chi connectivity index (χ0v) is 18.1. The first-order chi connectivity index (χ1) is 15.5. The SMILES string of the molecule is O=C(C[C@@H]1CC[C@@H](NC(=O)c2ccc3c(c2)OCO3)[C@@H](CO)O1)NCc1ccc(Cl)cc1. The van der Waals surface area contributed by atoms with Gasteiger partial charge >= 0.3 is 0 Å². The van der Waals surface area contributed by atoms with Crippen LogP contribution in [0.15, 0.2) is 42.5 Å². The molecule has 2 aromatic carbocycles. The molecule has 0 radical (unpaired) electrons. The Balaban J connectivity index is 1.26. The van der Waals surface area contributed by atoms with Gasteiger partial charge in [-0.15, -0.1) is 0 Å². The molecule has 9 heteroatoms. The Labute approximate surface area is 190 Å². The average molecular weight is 461 g/mol. The van der Waals surface area contributed by atoms with Crippen LogP contribution in [-0.4, -0.2) is 48.6 Å². The summed E-state index contributed by atoms with van der Waals surface area (Å²) in [5.41, 5.74) is 1.39. The molecule has 0 bridgehead atoms. The summed E-state index contributed by atoms with van der Waals surface area (Å²) in [6, 6.07) is 11.9. The summed E-state index contributed by atoms with van der Waals surface area (Å²) in [5, 5.41) is 16.2. The molecular weight excluding hydrogens is 436 g/mol. The van der Waals surface area contributed by atoms with Gasteiger partial charge in [0.25, 0.3) is 5.91 Å². The van der Waals surface area contributed by atoms with E-state index in [-0.39, 0.29) is 43.8 Å². The molecule has 0 aliphatic carbocycles. The van der Waals surface area contributed by atoms with Crippen molar-refractivity contribution in [2.75, 3.05) is 13.4 Å². The molecule has 0 spiro atoms. The number of carbonyl (C=O) groups is 2. The maximum Gasteiger partial charge on any atom is 0.251 e. The topological polar surface area (TPSA) is 106 Å². The predicted octanol–water partition coefficient (Wildman–Crippen LogP) is 2.41. The number of benzene rings is 2. The van der Waals surface area contributed by atoms with Crippen LogP contribution < -0.4 is 20.1 Å². The minimum Gasteiger partial charge on any atom is -0.454 e. The highest BCUT2D eigenvalue weighted by molar-refractivity contribution is 6.30. The van der Waals surface area contributed by atoms with E-state index >= 15 is 0 Å². The third kappa shape index (κ3) is 5.51. The predicted molar refractivity (Wildman–Crippen MR) is 117 cm³/mol. The van der Waals surface area contributed by atoms with Gasteiger partial charge in [0.2, 0.25) is 12.7 Å². The van der Waals surface area contributed by atoms with Gasteiger partial charge in [-0.1, -0.05) is 23.7 Å². The lowest BCUT2D eigenvalue weighted by Crippen LogP contribution is -2.51. The molecule has 2 aliphatic heterocycles. The second kappa shape index (κ2) is 10.2. The largest absolute Gasteiger partial charge is 0.454 e. The van der Waals surface area contributed by atoms with Crippen molar-refractivity contribution in [2.24, 2.45) is 0 Å². The zero-order chi connectivity index (χ0) is 22.5. The minimum absolute atomic E-state index is 0.135. The van der Waals surface area contributed by atoms with Gasteiger partial charge in [-0.3, -0.25) is 9.59 Å². The van der Waals surface area contributed by atoms with E-state index < -0.39 is 6.10 Å². The van der Waals surface area contributed by atoms with Gasteiger partial charge in [-0.05, 0) is 48.7 Å². The first-order valence-electron chi connectivity index (χ1n) is 10.5. The minimum atomic E-state index is -0.587. The van der Waals surface area contributed by atoms with Crippen molar-refractivity contribution < 1.29 is 28.9 Å². The summed E-state index contributed by atoms with van der Waals surface area (Å²) < 4.78 is 16.5.